The van der Waals surface area contributed by atoms with Crippen molar-refractivity contribution in [2.24, 2.45) is 5.73 Å². The van der Waals surface area contributed by atoms with Gasteiger partial charge in [-0.15, -0.1) is 10.2 Å². The van der Waals surface area contributed by atoms with Crippen molar-refractivity contribution in [2.75, 3.05) is 28.2 Å². The van der Waals surface area contributed by atoms with Crippen LogP contribution in [0.25, 0.3) is 0 Å². The van der Waals surface area contributed by atoms with Crippen molar-refractivity contribution in [3.63, 3.8) is 0 Å². The fourth-order valence-corrected chi connectivity index (χ4v) is 5.12. The first-order valence-corrected chi connectivity index (χ1v) is 11.8. The predicted molar refractivity (Wildman–Crippen MR) is 134 cm³/mol. The maximum Gasteiger partial charge on any atom is 0.253 e. The normalized spacial score (nSPS) is 14.9. The highest BCUT2D eigenvalue weighted by atomic mass is 16.4. The lowest BCUT2D eigenvalue weighted by atomic mass is 9.68. The monoisotopic (exact) mass is 475 g/mol. The molecule has 1 aromatic heterocycles. The van der Waals surface area contributed by atoms with E-state index >= 15 is 0 Å². The molecule has 1 aliphatic carbocycles. The molecule has 0 radical (unpaired) electrons. The molecule has 0 unspecified atom stereocenters. The Kier molecular flexibility index (Phi) is 6.51. The van der Waals surface area contributed by atoms with E-state index in [9.17, 15) is 9.59 Å². The number of hydrogen-bond acceptors (Lipinski definition) is 6. The molecule has 8 nitrogen and oxygen atoms in total. The summed E-state index contributed by atoms with van der Waals surface area (Å²) in [5.41, 5.74) is 10.9. The van der Waals surface area contributed by atoms with Crippen LogP contribution in [0.1, 0.15) is 68.1 Å². The second-order valence-corrected chi connectivity index (χ2v) is 9.86. The van der Waals surface area contributed by atoms with Gasteiger partial charge in [-0.3, -0.25) is 9.59 Å². The Bertz CT molecular complexity index is 1200. The van der Waals surface area contributed by atoms with Gasteiger partial charge in [0.1, 0.15) is 5.41 Å². The third-order valence-corrected chi connectivity index (χ3v) is 6.62. The lowest BCUT2D eigenvalue weighted by Crippen LogP contribution is -2.37. The minimum atomic E-state index is -0.810. The molecule has 1 atom stereocenters. The number of fused-ring (bicyclic) bond motifs is 2. The van der Waals surface area contributed by atoms with Crippen LogP contribution in [0.15, 0.2) is 40.8 Å². The van der Waals surface area contributed by atoms with Crippen LogP contribution in [0.4, 0.5) is 0 Å². The van der Waals surface area contributed by atoms with Gasteiger partial charge in [0, 0.05) is 52.3 Å². The SMILES string of the molecule is Cc1nnc(C2(C[C@@H](C)N)c3ccc(C(=O)N(C)C)cc3CCc3cc(C(=O)N(C)C)ccc32)o1. The molecule has 2 aromatic carbocycles. The predicted octanol–water partition coefficient (Wildman–Crippen LogP) is 2.95. The van der Waals surface area contributed by atoms with Crippen LogP contribution in [-0.4, -0.2) is 66.0 Å². The van der Waals surface area contributed by atoms with Gasteiger partial charge in [0.15, 0.2) is 0 Å². The molecule has 2 N–H and O–H groups in total. The molecule has 35 heavy (non-hydrogen) atoms. The van der Waals surface area contributed by atoms with E-state index in [1.807, 2.05) is 43.3 Å². The van der Waals surface area contributed by atoms with E-state index in [0.717, 1.165) is 22.3 Å². The second-order valence-electron chi connectivity index (χ2n) is 9.86. The van der Waals surface area contributed by atoms with E-state index in [1.54, 1.807) is 44.9 Å². The van der Waals surface area contributed by atoms with Gasteiger partial charge in [-0.2, -0.15) is 0 Å². The highest BCUT2D eigenvalue weighted by Crippen LogP contribution is 2.47. The van der Waals surface area contributed by atoms with Crippen molar-refractivity contribution >= 4 is 11.8 Å². The molecular weight excluding hydrogens is 442 g/mol. The number of nitrogens with two attached hydrogens (primary N) is 1. The quantitative estimate of drug-likeness (QED) is 0.608. The third-order valence-electron chi connectivity index (χ3n) is 6.62. The summed E-state index contributed by atoms with van der Waals surface area (Å²) in [6.07, 6.45) is 1.92. The zero-order chi connectivity index (χ0) is 25.5. The summed E-state index contributed by atoms with van der Waals surface area (Å²) >= 11 is 0. The van der Waals surface area contributed by atoms with E-state index < -0.39 is 5.41 Å². The van der Waals surface area contributed by atoms with Crippen molar-refractivity contribution in [1.29, 1.82) is 0 Å². The molecule has 1 heterocycles. The van der Waals surface area contributed by atoms with Gasteiger partial charge in [0.25, 0.3) is 11.8 Å². The maximum absolute atomic E-state index is 12.8. The smallest absolute Gasteiger partial charge is 0.253 e. The zero-order valence-corrected chi connectivity index (χ0v) is 21.3. The van der Waals surface area contributed by atoms with Gasteiger partial charge in [-0.05, 0) is 72.7 Å². The molecule has 184 valence electrons. The molecule has 2 amide bonds. The van der Waals surface area contributed by atoms with Crippen LogP contribution in [0, 0.1) is 6.92 Å². The van der Waals surface area contributed by atoms with E-state index in [0.29, 0.717) is 42.2 Å². The summed E-state index contributed by atoms with van der Waals surface area (Å²) in [5, 5.41) is 8.63. The number of amides is 2. The molecule has 8 heteroatoms. The van der Waals surface area contributed by atoms with Crippen LogP contribution in [-0.2, 0) is 18.3 Å². The molecule has 0 spiro atoms. The molecule has 3 aromatic rings. The Morgan fingerprint density at radius 3 is 1.80 bits per heavy atom. The fraction of sp³-hybridized carbons (Fsp3) is 0.407. The number of benzene rings is 2. The number of aryl methyl sites for hydroxylation is 3. The number of nitrogens with zero attached hydrogens (tertiary/aromatic N) is 4. The molecule has 0 aliphatic heterocycles. The standard InChI is InChI=1S/C27H33N5O3/c1-16(28)15-27(26-30-29-17(2)35-26)22-11-9-20(24(33)31(3)4)13-18(22)7-8-19-14-21(10-12-23(19)27)25(34)32(5)6/h9-14,16H,7-8,15,28H2,1-6H3/t16-/m1/s1. The molecule has 0 fully saturated rings. The highest BCUT2D eigenvalue weighted by Gasteiger charge is 2.46. The van der Waals surface area contributed by atoms with E-state index in [2.05, 4.69) is 10.2 Å². The van der Waals surface area contributed by atoms with Gasteiger partial charge in [0.05, 0.1) is 0 Å². The third kappa shape index (κ3) is 4.34. The topological polar surface area (TPSA) is 106 Å². The minimum Gasteiger partial charge on any atom is -0.424 e. The number of carbonyl (C=O) groups excluding carboxylic acids is 2. The largest absolute Gasteiger partial charge is 0.424 e. The maximum atomic E-state index is 12.8. The van der Waals surface area contributed by atoms with Crippen LogP contribution >= 0.6 is 0 Å². The average Bonchev–Trinajstić information content (AvgIpc) is 3.21. The summed E-state index contributed by atoms with van der Waals surface area (Å²) in [4.78, 5) is 28.7. The average molecular weight is 476 g/mol. The minimum absolute atomic E-state index is 0.0557. The van der Waals surface area contributed by atoms with Crippen LogP contribution in [0.3, 0.4) is 0 Å². The first-order chi connectivity index (χ1) is 16.5. The van der Waals surface area contributed by atoms with E-state index in [-0.39, 0.29) is 17.9 Å². The molecular formula is C27H33N5O3. The molecule has 0 saturated carbocycles. The molecule has 0 bridgehead atoms. The van der Waals surface area contributed by atoms with Crippen molar-refractivity contribution in [2.45, 2.75) is 44.6 Å². The van der Waals surface area contributed by atoms with Crippen molar-refractivity contribution in [1.82, 2.24) is 20.0 Å². The van der Waals surface area contributed by atoms with Crippen molar-refractivity contribution in [3.05, 3.63) is 81.6 Å². The number of rotatable bonds is 5. The van der Waals surface area contributed by atoms with Gasteiger partial charge in [0.2, 0.25) is 11.8 Å². The summed E-state index contributed by atoms with van der Waals surface area (Å²) in [5.74, 6) is 0.824. The van der Waals surface area contributed by atoms with Crippen LogP contribution in [0.2, 0.25) is 0 Å². The second kappa shape index (κ2) is 9.26. The van der Waals surface area contributed by atoms with Crippen molar-refractivity contribution < 1.29 is 14.0 Å². The van der Waals surface area contributed by atoms with Crippen LogP contribution in [0.5, 0.6) is 0 Å². The lowest BCUT2D eigenvalue weighted by molar-refractivity contribution is 0.0820. The Labute approximate surface area is 206 Å². The molecule has 4 rings (SSSR count). The van der Waals surface area contributed by atoms with Gasteiger partial charge in [-0.1, -0.05) is 12.1 Å². The van der Waals surface area contributed by atoms with Gasteiger partial charge >= 0.3 is 0 Å². The Hall–Kier alpha value is -3.52. The summed E-state index contributed by atoms with van der Waals surface area (Å²) < 4.78 is 6.10. The first kappa shape index (κ1) is 24.6. The Morgan fingerprint density at radius 1 is 0.943 bits per heavy atom. The number of carbonyl (C=O) groups is 2. The fourth-order valence-electron chi connectivity index (χ4n) is 5.12. The first-order valence-electron chi connectivity index (χ1n) is 11.8. The summed E-state index contributed by atoms with van der Waals surface area (Å²) in [6.45, 7) is 3.73. The van der Waals surface area contributed by atoms with Crippen LogP contribution < -0.4 is 5.73 Å². The van der Waals surface area contributed by atoms with Gasteiger partial charge in [-0.25, -0.2) is 0 Å². The van der Waals surface area contributed by atoms with Crippen molar-refractivity contribution in [3.8, 4) is 0 Å². The highest BCUT2D eigenvalue weighted by molar-refractivity contribution is 5.95. The number of hydrogen-bond donors (Lipinski definition) is 1. The zero-order valence-electron chi connectivity index (χ0n) is 21.3. The van der Waals surface area contributed by atoms with E-state index in [4.69, 9.17) is 10.2 Å². The van der Waals surface area contributed by atoms with E-state index in [1.165, 1.54) is 0 Å². The Morgan fingerprint density at radius 2 is 1.43 bits per heavy atom. The van der Waals surface area contributed by atoms with Gasteiger partial charge < -0.3 is 20.0 Å². The molecule has 1 aliphatic rings. The lowest BCUT2D eigenvalue weighted by Gasteiger charge is -2.35. The summed E-state index contributed by atoms with van der Waals surface area (Å²) in [6, 6.07) is 11.5. The Balaban J connectivity index is 2.02. The molecule has 0 saturated heterocycles. The number of aromatic nitrogens is 2. The summed E-state index contributed by atoms with van der Waals surface area (Å²) in [7, 11) is 6.98.